The maximum absolute atomic E-state index is 13.1. The van der Waals surface area contributed by atoms with Gasteiger partial charge in [0.1, 0.15) is 11.6 Å². The number of amides is 2. The van der Waals surface area contributed by atoms with Crippen LogP contribution < -0.4 is 10.6 Å². The second-order valence-corrected chi connectivity index (χ2v) is 8.36. The minimum Gasteiger partial charge on any atom is -0.334 e. The number of urea groups is 1. The molecule has 0 saturated heterocycles. The van der Waals surface area contributed by atoms with Crippen LogP contribution >= 0.6 is 11.3 Å². The molecule has 10 heteroatoms. The third-order valence-electron chi connectivity index (χ3n) is 3.03. The molecule has 1 heterocycles. The lowest BCUT2D eigenvalue weighted by atomic mass is 10.2. The minimum absolute atomic E-state index is 0.0658. The summed E-state index contributed by atoms with van der Waals surface area (Å²) in [6, 6.07) is 2.36. The Balaban J connectivity index is 1.88. The Morgan fingerprint density at radius 2 is 1.92 bits per heavy atom. The van der Waals surface area contributed by atoms with Gasteiger partial charge in [0.15, 0.2) is 15.0 Å². The maximum atomic E-state index is 13.1. The van der Waals surface area contributed by atoms with Crippen LogP contribution in [0.4, 0.5) is 18.7 Å². The molecule has 0 atom stereocenters. The fourth-order valence-corrected chi connectivity index (χ4v) is 4.25. The molecule has 2 aromatic rings. The van der Waals surface area contributed by atoms with Crippen LogP contribution in [0.2, 0.25) is 0 Å². The molecular formula is C15H17F2N3O3S2. The van der Waals surface area contributed by atoms with Gasteiger partial charge in [-0.1, -0.05) is 6.92 Å². The van der Waals surface area contributed by atoms with Gasteiger partial charge in [-0.05, 0) is 24.1 Å². The summed E-state index contributed by atoms with van der Waals surface area (Å²) in [5.74, 6) is -1.55. The standard InChI is InChI=1S/C15H17F2N3O3S2/c1-2-3-25(22,23)9-13-8-24-15(19-13)20-14(21)18-7-10-4-11(16)6-12(17)5-10/h4-6,8H,2-3,7,9H2,1H3,(H2,18,19,20,21). The molecule has 0 saturated carbocycles. The molecule has 0 aliphatic carbocycles. The Kier molecular flexibility index (Phi) is 6.43. The number of thiazole rings is 1. The van der Waals surface area contributed by atoms with E-state index in [1.54, 1.807) is 12.3 Å². The number of carbonyl (C=O) groups excluding carboxylic acids is 1. The largest absolute Gasteiger partial charge is 0.334 e. The van der Waals surface area contributed by atoms with Crippen molar-refractivity contribution in [3.05, 3.63) is 46.5 Å². The number of sulfone groups is 1. The van der Waals surface area contributed by atoms with Gasteiger partial charge < -0.3 is 5.32 Å². The van der Waals surface area contributed by atoms with E-state index >= 15 is 0 Å². The second-order valence-electron chi connectivity index (χ2n) is 5.32. The number of anilines is 1. The smallest absolute Gasteiger partial charge is 0.321 e. The van der Waals surface area contributed by atoms with E-state index in [0.29, 0.717) is 12.1 Å². The zero-order valence-corrected chi connectivity index (χ0v) is 15.0. The highest BCUT2D eigenvalue weighted by molar-refractivity contribution is 7.90. The Hall–Kier alpha value is -2.07. The van der Waals surface area contributed by atoms with Crippen molar-refractivity contribution in [1.82, 2.24) is 10.3 Å². The molecule has 0 aliphatic heterocycles. The average molecular weight is 389 g/mol. The van der Waals surface area contributed by atoms with E-state index in [0.717, 1.165) is 29.5 Å². The molecule has 0 fully saturated rings. The van der Waals surface area contributed by atoms with Crippen LogP contribution in [0.25, 0.3) is 0 Å². The summed E-state index contributed by atoms with van der Waals surface area (Å²) in [7, 11) is -3.21. The molecule has 2 N–H and O–H groups in total. The first-order valence-electron chi connectivity index (χ1n) is 7.42. The fraction of sp³-hybridized carbons (Fsp3) is 0.333. The molecule has 0 radical (unpaired) electrons. The zero-order chi connectivity index (χ0) is 18.4. The fourth-order valence-electron chi connectivity index (χ4n) is 2.08. The monoisotopic (exact) mass is 389 g/mol. The van der Waals surface area contributed by atoms with Gasteiger partial charge in [-0.25, -0.2) is 27.0 Å². The quantitative estimate of drug-likeness (QED) is 0.762. The van der Waals surface area contributed by atoms with Crippen LogP contribution in [-0.4, -0.2) is 25.2 Å². The number of nitrogens with one attached hydrogen (secondary N) is 2. The molecule has 2 amide bonds. The van der Waals surface area contributed by atoms with Gasteiger partial charge in [0.25, 0.3) is 0 Å². The second kappa shape index (κ2) is 8.34. The molecule has 6 nitrogen and oxygen atoms in total. The highest BCUT2D eigenvalue weighted by atomic mass is 32.2. The van der Waals surface area contributed by atoms with E-state index < -0.39 is 27.5 Å². The van der Waals surface area contributed by atoms with Gasteiger partial charge in [0.2, 0.25) is 0 Å². The zero-order valence-electron chi connectivity index (χ0n) is 13.4. The normalized spacial score (nSPS) is 11.3. The molecule has 1 aromatic heterocycles. The van der Waals surface area contributed by atoms with Gasteiger partial charge in [-0.2, -0.15) is 0 Å². The van der Waals surface area contributed by atoms with Crippen molar-refractivity contribution in [2.45, 2.75) is 25.6 Å². The van der Waals surface area contributed by atoms with Gasteiger partial charge in [-0.15, -0.1) is 11.3 Å². The van der Waals surface area contributed by atoms with E-state index in [4.69, 9.17) is 0 Å². The van der Waals surface area contributed by atoms with Crippen LogP contribution in [0.3, 0.4) is 0 Å². The van der Waals surface area contributed by atoms with Gasteiger partial charge >= 0.3 is 6.03 Å². The molecule has 0 unspecified atom stereocenters. The van der Waals surface area contributed by atoms with Crippen molar-refractivity contribution in [3.63, 3.8) is 0 Å². The number of halogens is 2. The van der Waals surface area contributed by atoms with Gasteiger partial charge in [0.05, 0.1) is 17.2 Å². The van der Waals surface area contributed by atoms with E-state index in [9.17, 15) is 22.0 Å². The predicted octanol–water partition coefficient (Wildman–Crippen LogP) is 3.07. The van der Waals surface area contributed by atoms with Gasteiger partial charge in [0, 0.05) is 18.0 Å². The van der Waals surface area contributed by atoms with Gasteiger partial charge in [-0.3, -0.25) is 5.32 Å². The highest BCUT2D eigenvalue weighted by Crippen LogP contribution is 2.17. The van der Waals surface area contributed by atoms with Crippen molar-refractivity contribution in [2.75, 3.05) is 11.1 Å². The van der Waals surface area contributed by atoms with Crippen LogP contribution in [-0.2, 0) is 22.1 Å². The highest BCUT2D eigenvalue weighted by Gasteiger charge is 2.14. The lowest BCUT2D eigenvalue weighted by Crippen LogP contribution is -2.28. The van der Waals surface area contributed by atoms with E-state index in [-0.39, 0.29) is 28.7 Å². The summed E-state index contributed by atoms with van der Waals surface area (Å²) in [6.45, 7) is 1.71. The van der Waals surface area contributed by atoms with Crippen LogP contribution in [0.5, 0.6) is 0 Å². The summed E-state index contributed by atoms with van der Waals surface area (Å²) < 4.78 is 49.6. The summed E-state index contributed by atoms with van der Waals surface area (Å²) in [4.78, 5) is 15.8. The van der Waals surface area contributed by atoms with Crippen LogP contribution in [0.15, 0.2) is 23.6 Å². The average Bonchev–Trinajstić information content (AvgIpc) is 2.90. The lowest BCUT2D eigenvalue weighted by Gasteiger charge is -2.06. The molecule has 2 rings (SSSR count). The van der Waals surface area contributed by atoms with Crippen LogP contribution in [0.1, 0.15) is 24.6 Å². The van der Waals surface area contributed by atoms with Crippen molar-refractivity contribution in [1.29, 1.82) is 0 Å². The number of aromatic nitrogens is 1. The summed E-state index contributed by atoms with van der Waals surface area (Å²) in [5.41, 5.74) is 0.638. The minimum atomic E-state index is -3.21. The topological polar surface area (TPSA) is 88.2 Å². The summed E-state index contributed by atoms with van der Waals surface area (Å²) >= 11 is 1.10. The molecular weight excluding hydrogens is 372 g/mol. The Bertz CT molecular complexity index is 833. The number of benzene rings is 1. The van der Waals surface area contributed by atoms with Crippen LogP contribution in [0, 0.1) is 11.6 Å². The summed E-state index contributed by atoms with van der Waals surface area (Å²) in [6.07, 6.45) is 0.528. The Morgan fingerprint density at radius 1 is 1.24 bits per heavy atom. The number of rotatable bonds is 7. The Labute approximate surface area is 148 Å². The maximum Gasteiger partial charge on any atom is 0.321 e. The lowest BCUT2D eigenvalue weighted by molar-refractivity contribution is 0.251. The first kappa shape index (κ1) is 19.3. The number of carbonyl (C=O) groups is 1. The number of hydrogen-bond acceptors (Lipinski definition) is 5. The SMILES string of the molecule is CCCS(=O)(=O)Cc1csc(NC(=O)NCc2cc(F)cc(F)c2)n1. The van der Waals surface area contributed by atoms with Crippen molar-refractivity contribution in [3.8, 4) is 0 Å². The van der Waals surface area contributed by atoms with Crippen molar-refractivity contribution < 1.29 is 22.0 Å². The van der Waals surface area contributed by atoms with Crippen molar-refractivity contribution >= 4 is 32.3 Å². The van der Waals surface area contributed by atoms with Crippen molar-refractivity contribution in [2.24, 2.45) is 0 Å². The molecule has 136 valence electrons. The number of nitrogens with zero attached hydrogens (tertiary/aromatic N) is 1. The molecule has 25 heavy (non-hydrogen) atoms. The van der Waals surface area contributed by atoms with E-state index in [1.807, 2.05) is 0 Å². The third kappa shape index (κ3) is 6.39. The number of hydrogen-bond donors (Lipinski definition) is 2. The molecule has 1 aromatic carbocycles. The Morgan fingerprint density at radius 3 is 2.56 bits per heavy atom. The molecule has 0 aliphatic rings. The third-order valence-corrected chi connectivity index (χ3v) is 5.60. The van der Waals surface area contributed by atoms with E-state index in [2.05, 4.69) is 15.6 Å². The predicted molar refractivity (Wildman–Crippen MR) is 92.1 cm³/mol. The first-order valence-corrected chi connectivity index (χ1v) is 10.1. The first-order chi connectivity index (χ1) is 11.8. The molecule has 0 spiro atoms. The summed E-state index contributed by atoms with van der Waals surface area (Å²) in [5, 5.41) is 6.70. The molecule has 0 bridgehead atoms. The van der Waals surface area contributed by atoms with E-state index in [1.165, 1.54) is 0 Å².